The van der Waals surface area contributed by atoms with Crippen molar-refractivity contribution in [1.82, 2.24) is 9.97 Å². The van der Waals surface area contributed by atoms with E-state index in [1.807, 2.05) is 65.8 Å². The second kappa shape index (κ2) is 8.15. The minimum absolute atomic E-state index is 0.0503. The van der Waals surface area contributed by atoms with Crippen LogP contribution in [0.5, 0.6) is 0 Å². The Hall–Kier alpha value is -3.74. The second-order valence-electron chi connectivity index (χ2n) is 10.5. The molecule has 1 fully saturated rings. The highest BCUT2D eigenvalue weighted by Gasteiger charge is 2.50. The van der Waals surface area contributed by atoms with Crippen LogP contribution in [0.3, 0.4) is 0 Å². The number of anilines is 1. The van der Waals surface area contributed by atoms with Crippen molar-refractivity contribution in [1.29, 1.82) is 0 Å². The molecular formula is C29H31N4O3+. The van der Waals surface area contributed by atoms with Gasteiger partial charge in [0, 0.05) is 42.2 Å². The van der Waals surface area contributed by atoms with Crippen LogP contribution in [0.15, 0.2) is 60.1 Å². The topological polar surface area (TPSA) is 83.2 Å². The van der Waals surface area contributed by atoms with Gasteiger partial charge >= 0.3 is 0 Å². The molecule has 184 valence electrons. The van der Waals surface area contributed by atoms with Crippen LogP contribution in [0.25, 0.3) is 0 Å². The summed E-state index contributed by atoms with van der Waals surface area (Å²) in [6.45, 7) is 13.4. The number of carbonyl (C=O) groups excluding carboxylic acids is 3. The number of pyridine rings is 2. The Labute approximate surface area is 211 Å². The largest absolute Gasteiger partial charge is 0.343 e. The maximum Gasteiger partial charge on any atom is 0.233 e. The summed E-state index contributed by atoms with van der Waals surface area (Å²) in [6, 6.07) is 7.74. The summed E-state index contributed by atoms with van der Waals surface area (Å²) < 4.78 is 2.06. The molecule has 36 heavy (non-hydrogen) atoms. The smallest absolute Gasteiger partial charge is 0.233 e. The van der Waals surface area contributed by atoms with Gasteiger partial charge in [-0.25, -0.2) is 0 Å². The van der Waals surface area contributed by atoms with Gasteiger partial charge in [0.15, 0.2) is 11.5 Å². The first kappa shape index (κ1) is 24.0. The van der Waals surface area contributed by atoms with Crippen LogP contribution in [0.1, 0.15) is 52.9 Å². The standard InChI is InChI=1S/C29H31N4O3/c1-7-32-19-11-9-13-30-26(19)28(3,4)21(32)15-17-23(34)18(25(36)24(17)35)16-22-29(5,6)27-20(33(22)8-2)12-10-14-31-27/h9-17H,7-8H2,1-6H3/q+1/b18-16-,21-15+. The lowest BCUT2D eigenvalue weighted by molar-refractivity contribution is -0.433. The van der Waals surface area contributed by atoms with Crippen molar-refractivity contribution in [3.8, 4) is 0 Å². The number of Topliss-reactive ketones (excluding diaryl/α,β-unsaturated/α-hetero) is 3. The Balaban J connectivity index is 1.59. The Morgan fingerprint density at radius 1 is 0.944 bits per heavy atom. The van der Waals surface area contributed by atoms with Gasteiger partial charge in [0.25, 0.3) is 0 Å². The van der Waals surface area contributed by atoms with Crippen LogP contribution in [0.2, 0.25) is 0 Å². The van der Waals surface area contributed by atoms with Crippen molar-refractivity contribution < 1.29 is 19.0 Å². The molecule has 1 saturated carbocycles. The van der Waals surface area contributed by atoms with E-state index in [0.717, 1.165) is 34.2 Å². The van der Waals surface area contributed by atoms with Gasteiger partial charge in [-0.15, -0.1) is 0 Å². The molecule has 1 atom stereocenters. The van der Waals surface area contributed by atoms with Crippen molar-refractivity contribution in [2.45, 2.75) is 52.4 Å². The molecule has 0 amide bonds. The van der Waals surface area contributed by atoms with E-state index in [9.17, 15) is 14.4 Å². The zero-order valence-electron chi connectivity index (χ0n) is 21.6. The van der Waals surface area contributed by atoms with E-state index in [4.69, 9.17) is 0 Å². The fourth-order valence-electron chi connectivity index (χ4n) is 5.86. The van der Waals surface area contributed by atoms with Crippen molar-refractivity contribution in [2.75, 3.05) is 18.0 Å². The molecule has 3 aliphatic rings. The van der Waals surface area contributed by atoms with E-state index in [-0.39, 0.29) is 5.57 Å². The first-order valence-corrected chi connectivity index (χ1v) is 12.5. The minimum Gasteiger partial charge on any atom is -0.343 e. The van der Waals surface area contributed by atoms with Gasteiger partial charge < -0.3 is 4.90 Å². The molecule has 0 spiro atoms. The molecule has 1 unspecified atom stereocenters. The number of likely N-dealkylation sites (N-methyl/N-ethyl adjacent to an activating group) is 1. The van der Waals surface area contributed by atoms with Crippen LogP contribution in [-0.2, 0) is 25.2 Å². The molecule has 0 N–H and O–H groups in total. The summed E-state index contributed by atoms with van der Waals surface area (Å²) in [4.78, 5) is 51.2. The minimum atomic E-state index is -1.14. The summed E-state index contributed by atoms with van der Waals surface area (Å²) in [6.07, 6.45) is 6.81. The average molecular weight is 484 g/mol. The zero-order chi connectivity index (χ0) is 26.0. The summed E-state index contributed by atoms with van der Waals surface area (Å²) in [7, 11) is 0. The third-order valence-electron chi connectivity index (χ3n) is 7.74. The van der Waals surface area contributed by atoms with E-state index in [0.29, 0.717) is 13.1 Å². The van der Waals surface area contributed by atoms with Crippen LogP contribution in [0.4, 0.5) is 11.4 Å². The van der Waals surface area contributed by atoms with Crippen LogP contribution in [-0.4, -0.2) is 50.7 Å². The molecule has 0 saturated heterocycles. The van der Waals surface area contributed by atoms with Crippen LogP contribution >= 0.6 is 0 Å². The zero-order valence-corrected chi connectivity index (χ0v) is 21.6. The first-order chi connectivity index (χ1) is 17.1. The van der Waals surface area contributed by atoms with Gasteiger partial charge in [-0.05, 0) is 65.8 Å². The Bertz CT molecular complexity index is 1430. The average Bonchev–Trinajstić information content (AvgIpc) is 3.31. The van der Waals surface area contributed by atoms with E-state index in [1.165, 1.54) is 0 Å². The lowest BCUT2D eigenvalue weighted by atomic mass is 9.83. The lowest BCUT2D eigenvalue weighted by Gasteiger charge is -2.26. The van der Waals surface area contributed by atoms with Crippen molar-refractivity contribution in [2.24, 2.45) is 5.92 Å². The van der Waals surface area contributed by atoms with Crippen molar-refractivity contribution in [3.63, 3.8) is 0 Å². The van der Waals surface area contributed by atoms with E-state index < -0.39 is 34.1 Å². The third-order valence-corrected chi connectivity index (χ3v) is 7.74. The third kappa shape index (κ3) is 3.18. The van der Waals surface area contributed by atoms with Gasteiger partial charge in [-0.2, -0.15) is 4.58 Å². The molecule has 2 aromatic heterocycles. The molecule has 7 nitrogen and oxygen atoms in total. The van der Waals surface area contributed by atoms with Crippen LogP contribution in [0, 0.1) is 5.92 Å². The fourth-order valence-corrected chi connectivity index (χ4v) is 5.86. The number of hydrogen-bond acceptors (Lipinski definition) is 6. The molecule has 2 aromatic rings. The summed E-state index contributed by atoms with van der Waals surface area (Å²) in [5.74, 6) is -2.98. The molecule has 2 aliphatic heterocycles. The first-order valence-electron chi connectivity index (χ1n) is 12.5. The monoisotopic (exact) mass is 483 g/mol. The van der Waals surface area contributed by atoms with Crippen LogP contribution < -0.4 is 4.90 Å². The number of rotatable bonds is 4. The summed E-state index contributed by atoms with van der Waals surface area (Å²) in [5.41, 5.74) is 4.25. The number of fused-ring (bicyclic) bond motifs is 2. The number of ketones is 3. The predicted octanol–water partition coefficient (Wildman–Crippen LogP) is 3.84. The molecule has 7 heteroatoms. The van der Waals surface area contributed by atoms with Crippen molar-refractivity contribution in [3.05, 3.63) is 71.5 Å². The lowest BCUT2D eigenvalue weighted by Crippen LogP contribution is -2.29. The van der Waals surface area contributed by atoms with E-state index >= 15 is 0 Å². The number of aromatic nitrogens is 2. The highest BCUT2D eigenvalue weighted by molar-refractivity contribution is 6.60. The molecule has 1 aliphatic carbocycles. The van der Waals surface area contributed by atoms with Gasteiger partial charge in [0.2, 0.25) is 17.3 Å². The number of hydrogen-bond donors (Lipinski definition) is 0. The molecule has 0 aromatic carbocycles. The van der Waals surface area contributed by atoms with Gasteiger partial charge in [-0.3, -0.25) is 24.4 Å². The van der Waals surface area contributed by atoms with E-state index in [2.05, 4.69) is 19.4 Å². The Kier molecular flexibility index (Phi) is 5.43. The normalized spacial score (nSPS) is 24.3. The number of allylic oxidation sites excluding steroid dienone is 4. The van der Waals surface area contributed by atoms with Gasteiger partial charge in [-0.1, -0.05) is 0 Å². The molecule has 5 rings (SSSR count). The van der Waals surface area contributed by atoms with Gasteiger partial charge in [0.05, 0.1) is 22.4 Å². The number of nitrogens with zero attached hydrogens (tertiary/aromatic N) is 4. The maximum atomic E-state index is 13.6. The summed E-state index contributed by atoms with van der Waals surface area (Å²) >= 11 is 0. The highest BCUT2D eigenvalue weighted by Crippen LogP contribution is 2.47. The fraction of sp³-hybridized carbons (Fsp3) is 0.379. The molecule has 0 radical (unpaired) electrons. The quantitative estimate of drug-likeness (QED) is 0.216. The Morgan fingerprint density at radius 3 is 2.28 bits per heavy atom. The maximum absolute atomic E-state index is 13.6. The molecule has 4 heterocycles. The Morgan fingerprint density at radius 2 is 1.61 bits per heavy atom. The predicted molar refractivity (Wildman–Crippen MR) is 138 cm³/mol. The van der Waals surface area contributed by atoms with E-state index in [1.54, 1.807) is 24.5 Å². The second-order valence-corrected chi connectivity index (χ2v) is 10.5. The molecule has 0 bridgehead atoms. The SMILES string of the molecule is CCN1/C(=C/C2C(=O)C(=O)/C(=C\C3=[N+](CC)c4cccnc4C3(C)C)C2=O)C(C)(C)c2ncccc21. The summed E-state index contributed by atoms with van der Waals surface area (Å²) in [5, 5.41) is 0. The highest BCUT2D eigenvalue weighted by atomic mass is 16.2. The molecular weight excluding hydrogens is 452 g/mol. The van der Waals surface area contributed by atoms with Gasteiger partial charge in [0.1, 0.15) is 18.2 Å². The van der Waals surface area contributed by atoms with Crippen molar-refractivity contribution >= 4 is 34.4 Å². The number of carbonyl (C=O) groups is 3.